The van der Waals surface area contributed by atoms with Crippen LogP contribution in [0.4, 0.5) is 5.00 Å². The molecule has 116 valence electrons. The van der Waals surface area contributed by atoms with Crippen molar-refractivity contribution in [1.82, 2.24) is 0 Å². The highest BCUT2D eigenvalue weighted by atomic mass is 32.2. The number of aryl methyl sites for hydroxylation is 1. The van der Waals surface area contributed by atoms with E-state index in [0.717, 1.165) is 36.1 Å². The van der Waals surface area contributed by atoms with Gasteiger partial charge in [-0.25, -0.2) is 8.42 Å². The number of fused-ring (bicyclic) bond motifs is 1. The molecule has 0 fully saturated rings. The summed E-state index contributed by atoms with van der Waals surface area (Å²) >= 11 is 1.40. The van der Waals surface area contributed by atoms with Crippen LogP contribution in [0.25, 0.3) is 0 Å². The van der Waals surface area contributed by atoms with Crippen LogP contribution in [0.2, 0.25) is 0 Å². The number of carbonyl (C=O) groups is 1. The molecule has 0 bridgehead atoms. The molecule has 0 saturated carbocycles. The molecule has 0 unspecified atom stereocenters. The first-order valence-corrected chi connectivity index (χ1v) is 9.52. The van der Waals surface area contributed by atoms with Crippen molar-refractivity contribution in [3.8, 4) is 0 Å². The molecule has 22 heavy (non-hydrogen) atoms. The molecule has 1 aliphatic rings. The number of benzene rings is 1. The van der Waals surface area contributed by atoms with Crippen molar-refractivity contribution < 1.29 is 13.2 Å². The Balaban J connectivity index is 2.20. The number of thiophene rings is 1. The Kier molecular flexibility index (Phi) is 4.06. The normalized spacial score (nSPS) is 14.4. The number of nitrogens with one attached hydrogen (secondary N) is 1. The summed E-state index contributed by atoms with van der Waals surface area (Å²) in [5.41, 5.74) is 0.892. The van der Waals surface area contributed by atoms with Gasteiger partial charge in [0.25, 0.3) is 0 Å². The molecule has 0 aliphatic heterocycles. The lowest BCUT2D eigenvalue weighted by atomic mass is 9.99. The molecule has 1 aliphatic carbocycles. The molecule has 1 amide bonds. The van der Waals surface area contributed by atoms with Gasteiger partial charge in [-0.15, -0.1) is 11.3 Å². The number of anilines is 1. The Bertz CT molecular complexity index is 807. The number of carbonyl (C=O) groups excluding carboxylic acids is 1. The van der Waals surface area contributed by atoms with Crippen molar-refractivity contribution in [1.29, 1.82) is 0 Å². The summed E-state index contributed by atoms with van der Waals surface area (Å²) in [7, 11) is -3.62. The Morgan fingerprint density at radius 1 is 1.14 bits per heavy atom. The average Bonchev–Trinajstić information content (AvgIpc) is 2.85. The number of rotatable bonds is 3. The Morgan fingerprint density at radius 2 is 1.82 bits per heavy atom. The van der Waals surface area contributed by atoms with Gasteiger partial charge in [0.05, 0.1) is 4.90 Å². The van der Waals surface area contributed by atoms with Gasteiger partial charge < -0.3 is 5.32 Å². The van der Waals surface area contributed by atoms with Gasteiger partial charge in [0.1, 0.15) is 9.90 Å². The van der Waals surface area contributed by atoms with Crippen LogP contribution in [-0.2, 0) is 27.5 Å². The molecule has 0 atom stereocenters. The first-order valence-electron chi connectivity index (χ1n) is 7.22. The molecule has 0 radical (unpaired) electrons. The van der Waals surface area contributed by atoms with E-state index in [1.807, 2.05) is 0 Å². The van der Waals surface area contributed by atoms with E-state index in [9.17, 15) is 13.2 Å². The number of sulfone groups is 1. The van der Waals surface area contributed by atoms with E-state index < -0.39 is 9.84 Å². The van der Waals surface area contributed by atoms with Crippen molar-refractivity contribution in [2.45, 2.75) is 42.4 Å². The Morgan fingerprint density at radius 3 is 2.50 bits per heavy atom. The second kappa shape index (κ2) is 5.85. The van der Waals surface area contributed by atoms with Crippen molar-refractivity contribution in [2.75, 3.05) is 5.32 Å². The van der Waals surface area contributed by atoms with Crippen LogP contribution in [0.3, 0.4) is 0 Å². The van der Waals surface area contributed by atoms with E-state index >= 15 is 0 Å². The Labute approximate surface area is 134 Å². The minimum absolute atomic E-state index is 0.247. The van der Waals surface area contributed by atoms with Gasteiger partial charge in [-0.05, 0) is 43.4 Å². The molecule has 2 aromatic rings. The maximum atomic E-state index is 13.0. The van der Waals surface area contributed by atoms with Crippen LogP contribution in [-0.4, -0.2) is 14.3 Å². The monoisotopic (exact) mass is 335 g/mol. The molecular weight excluding hydrogens is 318 g/mol. The second-order valence-electron chi connectivity index (χ2n) is 5.37. The molecule has 6 heteroatoms. The van der Waals surface area contributed by atoms with Gasteiger partial charge in [0.15, 0.2) is 0 Å². The summed E-state index contributed by atoms with van der Waals surface area (Å²) < 4.78 is 26.0. The van der Waals surface area contributed by atoms with E-state index in [2.05, 4.69) is 5.32 Å². The zero-order valence-electron chi connectivity index (χ0n) is 12.3. The quantitative estimate of drug-likeness (QED) is 0.935. The van der Waals surface area contributed by atoms with E-state index in [-0.39, 0.29) is 10.8 Å². The molecule has 0 saturated heterocycles. The molecule has 1 aromatic heterocycles. The van der Waals surface area contributed by atoms with E-state index in [0.29, 0.717) is 9.90 Å². The summed E-state index contributed by atoms with van der Waals surface area (Å²) in [6.45, 7) is 1.40. The summed E-state index contributed by atoms with van der Waals surface area (Å²) in [4.78, 5) is 13.1. The zero-order valence-corrected chi connectivity index (χ0v) is 13.9. The lowest BCUT2D eigenvalue weighted by molar-refractivity contribution is -0.114. The van der Waals surface area contributed by atoms with Gasteiger partial charge in [0, 0.05) is 11.8 Å². The summed E-state index contributed by atoms with van der Waals surface area (Å²) in [6, 6.07) is 8.41. The lowest BCUT2D eigenvalue weighted by Crippen LogP contribution is -2.12. The third-order valence-electron chi connectivity index (χ3n) is 3.73. The first-order chi connectivity index (χ1) is 10.5. The molecule has 1 heterocycles. The van der Waals surface area contributed by atoms with Crippen LogP contribution >= 0.6 is 11.3 Å². The third kappa shape index (κ3) is 2.68. The summed E-state index contributed by atoms with van der Waals surface area (Å²) in [6.07, 6.45) is 3.70. The predicted molar refractivity (Wildman–Crippen MR) is 87.2 cm³/mol. The lowest BCUT2D eigenvalue weighted by Gasteiger charge is -2.13. The maximum Gasteiger partial charge on any atom is 0.221 e. The minimum Gasteiger partial charge on any atom is -0.317 e. The SMILES string of the molecule is CC(=O)Nc1sc2c(c1S(=O)(=O)c1ccccc1)CCCC2. The zero-order chi connectivity index (χ0) is 15.7. The van der Waals surface area contributed by atoms with Crippen molar-refractivity contribution >= 4 is 32.1 Å². The van der Waals surface area contributed by atoms with E-state index in [1.165, 1.54) is 18.3 Å². The summed E-state index contributed by atoms with van der Waals surface area (Å²) in [5.74, 6) is -0.247. The van der Waals surface area contributed by atoms with E-state index in [4.69, 9.17) is 0 Å². The second-order valence-corrected chi connectivity index (χ2v) is 8.36. The van der Waals surface area contributed by atoms with Crippen LogP contribution in [0.15, 0.2) is 40.1 Å². The predicted octanol–water partition coefficient (Wildman–Crippen LogP) is 3.42. The van der Waals surface area contributed by atoms with Gasteiger partial charge in [0.2, 0.25) is 15.7 Å². The molecule has 1 aromatic carbocycles. The highest BCUT2D eigenvalue weighted by Crippen LogP contribution is 2.43. The average molecular weight is 335 g/mol. The first kappa shape index (κ1) is 15.2. The molecular formula is C16H17NO3S2. The van der Waals surface area contributed by atoms with Crippen molar-refractivity contribution in [3.63, 3.8) is 0 Å². The fraction of sp³-hybridized carbons (Fsp3) is 0.312. The van der Waals surface area contributed by atoms with Gasteiger partial charge in [-0.2, -0.15) is 0 Å². The van der Waals surface area contributed by atoms with E-state index in [1.54, 1.807) is 30.3 Å². The van der Waals surface area contributed by atoms with Crippen LogP contribution in [0, 0.1) is 0 Å². The van der Waals surface area contributed by atoms with Crippen molar-refractivity contribution in [3.05, 3.63) is 40.8 Å². The molecule has 1 N–H and O–H groups in total. The third-order valence-corrected chi connectivity index (χ3v) is 6.95. The summed E-state index contributed by atoms with van der Waals surface area (Å²) in [5, 5.41) is 3.17. The minimum atomic E-state index is -3.62. The standard InChI is InChI=1S/C16H17NO3S2/c1-11(18)17-16-15(13-9-5-6-10-14(13)21-16)22(19,20)12-7-3-2-4-8-12/h2-4,7-8H,5-6,9-10H2,1H3,(H,17,18). The fourth-order valence-electron chi connectivity index (χ4n) is 2.78. The number of hydrogen-bond acceptors (Lipinski definition) is 4. The topological polar surface area (TPSA) is 63.2 Å². The fourth-order valence-corrected chi connectivity index (χ4v) is 6.13. The molecule has 3 rings (SSSR count). The maximum absolute atomic E-state index is 13.0. The molecule has 0 spiro atoms. The van der Waals surface area contributed by atoms with Gasteiger partial charge in [-0.1, -0.05) is 18.2 Å². The molecule has 4 nitrogen and oxygen atoms in total. The number of amides is 1. The Hall–Kier alpha value is -1.66. The smallest absolute Gasteiger partial charge is 0.221 e. The van der Waals surface area contributed by atoms with Crippen LogP contribution < -0.4 is 5.32 Å². The number of hydrogen-bond donors (Lipinski definition) is 1. The highest BCUT2D eigenvalue weighted by Gasteiger charge is 2.31. The highest BCUT2D eigenvalue weighted by molar-refractivity contribution is 7.92. The largest absolute Gasteiger partial charge is 0.317 e. The van der Waals surface area contributed by atoms with Crippen LogP contribution in [0.1, 0.15) is 30.2 Å². The van der Waals surface area contributed by atoms with Gasteiger partial charge in [-0.3, -0.25) is 4.79 Å². The van der Waals surface area contributed by atoms with Gasteiger partial charge >= 0.3 is 0 Å². The van der Waals surface area contributed by atoms with Crippen LogP contribution in [0.5, 0.6) is 0 Å². The van der Waals surface area contributed by atoms with Crippen molar-refractivity contribution in [2.24, 2.45) is 0 Å².